The SMILES string of the molecule is CCCCCNc1nccc(C(=O)NC2CC2)n1. The average Bonchev–Trinajstić information content (AvgIpc) is 3.19. The highest BCUT2D eigenvalue weighted by molar-refractivity contribution is 5.92. The first-order valence-electron chi connectivity index (χ1n) is 6.67. The summed E-state index contributed by atoms with van der Waals surface area (Å²) in [7, 11) is 0. The molecular weight excluding hydrogens is 228 g/mol. The molecule has 1 heterocycles. The van der Waals surface area contributed by atoms with Crippen LogP contribution in [-0.2, 0) is 0 Å². The molecule has 98 valence electrons. The predicted molar refractivity (Wildman–Crippen MR) is 70.5 cm³/mol. The molecule has 1 aliphatic rings. The molecule has 1 saturated carbocycles. The van der Waals surface area contributed by atoms with E-state index >= 15 is 0 Å². The molecule has 5 nitrogen and oxygen atoms in total. The number of hydrogen-bond donors (Lipinski definition) is 2. The highest BCUT2D eigenvalue weighted by atomic mass is 16.2. The number of carbonyl (C=O) groups is 1. The minimum Gasteiger partial charge on any atom is -0.354 e. The molecule has 0 atom stereocenters. The van der Waals surface area contributed by atoms with Gasteiger partial charge in [0.1, 0.15) is 5.69 Å². The molecule has 0 saturated heterocycles. The summed E-state index contributed by atoms with van der Waals surface area (Å²) in [4.78, 5) is 20.1. The second-order valence-electron chi connectivity index (χ2n) is 4.65. The second-order valence-corrected chi connectivity index (χ2v) is 4.65. The third kappa shape index (κ3) is 3.98. The van der Waals surface area contributed by atoms with Crippen LogP contribution >= 0.6 is 0 Å². The van der Waals surface area contributed by atoms with Gasteiger partial charge in [-0.1, -0.05) is 19.8 Å². The van der Waals surface area contributed by atoms with Gasteiger partial charge in [-0.2, -0.15) is 0 Å². The number of unbranched alkanes of at least 4 members (excludes halogenated alkanes) is 2. The third-order valence-corrected chi connectivity index (χ3v) is 2.86. The minimum absolute atomic E-state index is 0.100. The number of hydrogen-bond acceptors (Lipinski definition) is 4. The van der Waals surface area contributed by atoms with E-state index in [0.717, 1.165) is 25.8 Å². The first kappa shape index (κ1) is 12.8. The summed E-state index contributed by atoms with van der Waals surface area (Å²) in [6.45, 7) is 3.01. The summed E-state index contributed by atoms with van der Waals surface area (Å²) in [6.07, 6.45) is 7.26. The molecule has 2 N–H and O–H groups in total. The zero-order chi connectivity index (χ0) is 12.8. The van der Waals surface area contributed by atoms with Gasteiger partial charge in [0.05, 0.1) is 0 Å². The topological polar surface area (TPSA) is 66.9 Å². The number of aromatic nitrogens is 2. The van der Waals surface area contributed by atoms with Crippen LogP contribution in [0.5, 0.6) is 0 Å². The molecule has 5 heteroatoms. The van der Waals surface area contributed by atoms with Crippen LogP contribution < -0.4 is 10.6 Å². The van der Waals surface area contributed by atoms with E-state index in [4.69, 9.17) is 0 Å². The molecular formula is C13H20N4O. The van der Waals surface area contributed by atoms with Gasteiger partial charge in [-0.25, -0.2) is 9.97 Å². The third-order valence-electron chi connectivity index (χ3n) is 2.86. The molecule has 1 aliphatic carbocycles. The van der Waals surface area contributed by atoms with E-state index in [9.17, 15) is 4.79 Å². The lowest BCUT2D eigenvalue weighted by Crippen LogP contribution is -2.26. The fourth-order valence-electron chi connectivity index (χ4n) is 1.63. The molecule has 1 aromatic heterocycles. The molecule has 0 aliphatic heterocycles. The van der Waals surface area contributed by atoms with Gasteiger partial charge >= 0.3 is 0 Å². The molecule has 1 amide bonds. The van der Waals surface area contributed by atoms with Gasteiger partial charge in [0.25, 0.3) is 5.91 Å². The molecule has 0 unspecified atom stereocenters. The summed E-state index contributed by atoms with van der Waals surface area (Å²) in [5.41, 5.74) is 0.440. The van der Waals surface area contributed by atoms with Crippen molar-refractivity contribution in [2.24, 2.45) is 0 Å². The Morgan fingerprint density at radius 1 is 1.44 bits per heavy atom. The summed E-state index contributed by atoms with van der Waals surface area (Å²) in [5.74, 6) is 0.436. The maximum absolute atomic E-state index is 11.8. The Morgan fingerprint density at radius 3 is 3.00 bits per heavy atom. The van der Waals surface area contributed by atoms with Gasteiger partial charge in [-0.05, 0) is 25.3 Å². The van der Waals surface area contributed by atoms with Crippen LogP contribution in [0.4, 0.5) is 5.95 Å². The molecule has 0 aromatic carbocycles. The molecule has 0 spiro atoms. The monoisotopic (exact) mass is 248 g/mol. The van der Waals surface area contributed by atoms with Gasteiger partial charge < -0.3 is 10.6 Å². The van der Waals surface area contributed by atoms with Crippen LogP contribution in [0.3, 0.4) is 0 Å². The highest BCUT2D eigenvalue weighted by Crippen LogP contribution is 2.19. The predicted octanol–water partition coefficient (Wildman–Crippen LogP) is 1.97. The van der Waals surface area contributed by atoms with Crippen LogP contribution in [0.15, 0.2) is 12.3 Å². The molecule has 0 radical (unpaired) electrons. The Balaban J connectivity index is 1.85. The van der Waals surface area contributed by atoms with Crippen LogP contribution in [0, 0.1) is 0 Å². The number of amides is 1. The number of carbonyl (C=O) groups excluding carboxylic acids is 1. The van der Waals surface area contributed by atoms with Gasteiger partial charge in [0, 0.05) is 18.8 Å². The molecule has 1 aromatic rings. The quantitative estimate of drug-likeness (QED) is 0.724. The molecule has 2 rings (SSSR count). The standard InChI is InChI=1S/C13H20N4O/c1-2-3-4-8-14-13-15-9-7-11(17-13)12(18)16-10-5-6-10/h7,9-10H,2-6,8H2,1H3,(H,16,18)(H,14,15,17). The van der Waals surface area contributed by atoms with E-state index in [1.807, 2.05) is 0 Å². The normalized spacial score (nSPS) is 14.3. The Bertz CT molecular complexity index is 404. The van der Waals surface area contributed by atoms with E-state index in [1.54, 1.807) is 12.3 Å². The van der Waals surface area contributed by atoms with Crippen molar-refractivity contribution in [1.82, 2.24) is 15.3 Å². The fourth-order valence-corrected chi connectivity index (χ4v) is 1.63. The van der Waals surface area contributed by atoms with E-state index < -0.39 is 0 Å². The second kappa shape index (κ2) is 6.33. The van der Waals surface area contributed by atoms with Gasteiger partial charge in [-0.3, -0.25) is 4.79 Å². The molecule has 18 heavy (non-hydrogen) atoms. The maximum atomic E-state index is 11.8. The number of anilines is 1. The average molecular weight is 248 g/mol. The van der Waals surface area contributed by atoms with Crippen LogP contribution in [-0.4, -0.2) is 28.5 Å². The van der Waals surface area contributed by atoms with Crippen molar-refractivity contribution in [2.45, 2.75) is 45.1 Å². The summed E-state index contributed by atoms with van der Waals surface area (Å²) in [6, 6.07) is 2.00. The van der Waals surface area contributed by atoms with Crippen LogP contribution in [0.1, 0.15) is 49.5 Å². The summed E-state index contributed by atoms with van der Waals surface area (Å²) >= 11 is 0. The van der Waals surface area contributed by atoms with E-state index in [1.165, 1.54) is 12.8 Å². The first-order chi connectivity index (χ1) is 8.79. The summed E-state index contributed by atoms with van der Waals surface area (Å²) < 4.78 is 0. The van der Waals surface area contributed by atoms with Crippen molar-refractivity contribution in [2.75, 3.05) is 11.9 Å². The number of nitrogens with zero attached hydrogens (tertiary/aromatic N) is 2. The van der Waals surface area contributed by atoms with Gasteiger partial charge in [0.15, 0.2) is 0 Å². The van der Waals surface area contributed by atoms with Crippen molar-refractivity contribution in [1.29, 1.82) is 0 Å². The fraction of sp³-hybridized carbons (Fsp3) is 0.615. The zero-order valence-corrected chi connectivity index (χ0v) is 10.8. The van der Waals surface area contributed by atoms with E-state index in [2.05, 4.69) is 27.5 Å². The smallest absolute Gasteiger partial charge is 0.270 e. The van der Waals surface area contributed by atoms with Crippen LogP contribution in [0.2, 0.25) is 0 Å². The van der Waals surface area contributed by atoms with Crippen molar-refractivity contribution in [3.63, 3.8) is 0 Å². The molecule has 0 bridgehead atoms. The minimum atomic E-state index is -0.100. The van der Waals surface area contributed by atoms with Crippen molar-refractivity contribution in [3.8, 4) is 0 Å². The Morgan fingerprint density at radius 2 is 2.28 bits per heavy atom. The van der Waals surface area contributed by atoms with Crippen LogP contribution in [0.25, 0.3) is 0 Å². The van der Waals surface area contributed by atoms with Crippen molar-refractivity contribution in [3.05, 3.63) is 18.0 Å². The lowest BCUT2D eigenvalue weighted by Gasteiger charge is -2.06. The van der Waals surface area contributed by atoms with Crippen molar-refractivity contribution >= 4 is 11.9 Å². The maximum Gasteiger partial charge on any atom is 0.270 e. The van der Waals surface area contributed by atoms with E-state index in [-0.39, 0.29) is 5.91 Å². The summed E-state index contributed by atoms with van der Waals surface area (Å²) in [5, 5.41) is 6.06. The Labute approximate surface area is 107 Å². The first-order valence-corrected chi connectivity index (χ1v) is 6.67. The zero-order valence-electron chi connectivity index (χ0n) is 10.8. The van der Waals surface area contributed by atoms with Crippen molar-refractivity contribution < 1.29 is 4.79 Å². The molecule has 1 fully saturated rings. The van der Waals surface area contributed by atoms with E-state index in [0.29, 0.717) is 17.7 Å². The lowest BCUT2D eigenvalue weighted by atomic mass is 10.2. The Hall–Kier alpha value is -1.65. The van der Waals surface area contributed by atoms with Gasteiger partial charge in [0.2, 0.25) is 5.95 Å². The highest BCUT2D eigenvalue weighted by Gasteiger charge is 2.24. The Kier molecular flexibility index (Phi) is 4.50. The largest absolute Gasteiger partial charge is 0.354 e. The number of nitrogens with one attached hydrogen (secondary N) is 2. The van der Waals surface area contributed by atoms with Gasteiger partial charge in [-0.15, -0.1) is 0 Å². The number of rotatable bonds is 7. The lowest BCUT2D eigenvalue weighted by molar-refractivity contribution is 0.0946.